The van der Waals surface area contributed by atoms with Crippen LogP contribution < -0.4 is 0 Å². The van der Waals surface area contributed by atoms with Gasteiger partial charge in [0.25, 0.3) is 0 Å². The Kier molecular flexibility index (Phi) is 1.82. The molecule has 2 fully saturated rings. The van der Waals surface area contributed by atoms with Gasteiger partial charge in [-0.2, -0.15) is 0 Å². The Balaban J connectivity index is 2.04. The van der Waals surface area contributed by atoms with E-state index in [1.807, 2.05) is 0 Å². The zero-order valence-corrected chi connectivity index (χ0v) is 6.27. The van der Waals surface area contributed by atoms with E-state index >= 15 is 0 Å². The average Bonchev–Trinajstić information content (AvgIpc) is 2.53. The average molecular weight is 161 g/mol. The van der Waals surface area contributed by atoms with Gasteiger partial charge in [-0.3, -0.25) is 4.84 Å². The summed E-state index contributed by atoms with van der Waals surface area (Å²) < 4.78 is 10.3. The third-order valence-electron chi connectivity index (χ3n) is 1.94. The Morgan fingerprint density at radius 3 is 3.09 bits per heavy atom. The fourth-order valence-corrected chi connectivity index (χ4v) is 1.35. The molecule has 0 bridgehead atoms. The van der Waals surface area contributed by atoms with Crippen LogP contribution in [0.25, 0.3) is 0 Å². The lowest BCUT2D eigenvalue weighted by molar-refractivity contribution is -0.212. The van der Waals surface area contributed by atoms with E-state index in [0.29, 0.717) is 13.2 Å². The van der Waals surface area contributed by atoms with Crippen molar-refractivity contribution in [1.29, 1.82) is 0 Å². The molecule has 5 nitrogen and oxygen atoms in total. The Morgan fingerprint density at radius 1 is 1.55 bits per heavy atom. The third-order valence-corrected chi connectivity index (χ3v) is 1.94. The molecule has 0 aromatic rings. The van der Waals surface area contributed by atoms with Crippen molar-refractivity contribution in [3.8, 4) is 0 Å². The molecule has 3 atom stereocenters. The Hall–Kier alpha value is -0.200. The molecule has 3 unspecified atom stereocenters. The van der Waals surface area contributed by atoms with Crippen molar-refractivity contribution in [2.75, 3.05) is 20.3 Å². The SMILES string of the molecule is COC1COC2C(O)CON12. The van der Waals surface area contributed by atoms with Crippen molar-refractivity contribution in [2.45, 2.75) is 18.6 Å². The highest BCUT2D eigenvalue weighted by Crippen LogP contribution is 2.25. The smallest absolute Gasteiger partial charge is 0.164 e. The molecule has 64 valence electrons. The van der Waals surface area contributed by atoms with Gasteiger partial charge < -0.3 is 14.6 Å². The molecule has 5 heteroatoms. The first-order valence-electron chi connectivity index (χ1n) is 3.56. The molecule has 0 spiro atoms. The van der Waals surface area contributed by atoms with Crippen molar-refractivity contribution in [3.05, 3.63) is 0 Å². The van der Waals surface area contributed by atoms with Gasteiger partial charge in [0, 0.05) is 7.11 Å². The number of aliphatic hydroxyl groups excluding tert-OH is 1. The first-order valence-corrected chi connectivity index (χ1v) is 3.56. The Bertz CT molecular complexity index is 154. The Labute approximate surface area is 64.4 Å². The van der Waals surface area contributed by atoms with Crippen molar-refractivity contribution >= 4 is 0 Å². The van der Waals surface area contributed by atoms with Gasteiger partial charge >= 0.3 is 0 Å². The molecule has 2 heterocycles. The fourth-order valence-electron chi connectivity index (χ4n) is 1.35. The van der Waals surface area contributed by atoms with Gasteiger partial charge in [0.1, 0.15) is 6.10 Å². The van der Waals surface area contributed by atoms with E-state index in [0.717, 1.165) is 0 Å². The van der Waals surface area contributed by atoms with E-state index in [4.69, 9.17) is 14.3 Å². The monoisotopic (exact) mass is 161 g/mol. The van der Waals surface area contributed by atoms with Crippen LogP contribution in [-0.2, 0) is 14.3 Å². The number of fused-ring (bicyclic) bond motifs is 1. The van der Waals surface area contributed by atoms with Gasteiger partial charge in [-0.05, 0) is 0 Å². The predicted molar refractivity (Wildman–Crippen MR) is 34.3 cm³/mol. The minimum Gasteiger partial charge on any atom is -0.386 e. The normalized spacial score (nSPS) is 44.7. The van der Waals surface area contributed by atoms with E-state index in [1.54, 1.807) is 12.2 Å². The zero-order valence-electron chi connectivity index (χ0n) is 6.27. The summed E-state index contributed by atoms with van der Waals surface area (Å²) in [5, 5.41) is 10.8. The van der Waals surface area contributed by atoms with Crippen LogP contribution in [-0.4, -0.2) is 49.1 Å². The molecule has 0 amide bonds. The molecule has 0 aromatic heterocycles. The number of ether oxygens (including phenoxy) is 2. The molecule has 11 heavy (non-hydrogen) atoms. The largest absolute Gasteiger partial charge is 0.386 e. The molecule has 0 aliphatic carbocycles. The van der Waals surface area contributed by atoms with Crippen LogP contribution in [0.4, 0.5) is 0 Å². The molecule has 0 aromatic carbocycles. The number of hydrogen-bond acceptors (Lipinski definition) is 5. The minimum absolute atomic E-state index is 0.169. The number of hydroxylamine groups is 2. The molecule has 0 saturated carbocycles. The summed E-state index contributed by atoms with van der Waals surface area (Å²) in [6.07, 6.45) is -1.05. The van der Waals surface area contributed by atoms with Gasteiger partial charge in [-0.15, -0.1) is 5.06 Å². The van der Waals surface area contributed by atoms with Crippen LogP contribution in [0.2, 0.25) is 0 Å². The van der Waals surface area contributed by atoms with Crippen LogP contribution in [0, 0.1) is 0 Å². The van der Waals surface area contributed by atoms with Gasteiger partial charge in [-0.1, -0.05) is 0 Å². The molecule has 0 radical (unpaired) electrons. The number of rotatable bonds is 1. The highest BCUT2D eigenvalue weighted by Gasteiger charge is 2.45. The number of nitrogens with zero attached hydrogens (tertiary/aromatic N) is 1. The minimum atomic E-state index is -0.546. The van der Waals surface area contributed by atoms with Gasteiger partial charge in [0.2, 0.25) is 0 Å². The molecular weight excluding hydrogens is 150 g/mol. The van der Waals surface area contributed by atoms with E-state index in [-0.39, 0.29) is 12.5 Å². The molecule has 2 aliphatic rings. The van der Waals surface area contributed by atoms with Crippen molar-refractivity contribution in [3.63, 3.8) is 0 Å². The fraction of sp³-hybridized carbons (Fsp3) is 1.00. The van der Waals surface area contributed by atoms with Gasteiger partial charge in [-0.25, -0.2) is 0 Å². The van der Waals surface area contributed by atoms with Crippen molar-refractivity contribution < 1.29 is 19.4 Å². The van der Waals surface area contributed by atoms with Crippen LogP contribution >= 0.6 is 0 Å². The van der Waals surface area contributed by atoms with Crippen LogP contribution in [0.1, 0.15) is 0 Å². The van der Waals surface area contributed by atoms with Crippen LogP contribution in [0.15, 0.2) is 0 Å². The summed E-state index contributed by atoms with van der Waals surface area (Å²) in [6, 6.07) is 0. The summed E-state index contributed by atoms with van der Waals surface area (Å²) in [5.41, 5.74) is 0. The van der Waals surface area contributed by atoms with Gasteiger partial charge in [0.15, 0.2) is 12.5 Å². The number of methoxy groups -OCH3 is 1. The summed E-state index contributed by atoms with van der Waals surface area (Å²) in [5.74, 6) is 0. The molecule has 2 rings (SSSR count). The maximum absolute atomic E-state index is 9.27. The van der Waals surface area contributed by atoms with Crippen LogP contribution in [0.3, 0.4) is 0 Å². The maximum atomic E-state index is 9.27. The highest BCUT2D eigenvalue weighted by atomic mass is 16.8. The van der Waals surface area contributed by atoms with E-state index < -0.39 is 6.10 Å². The standard InChI is InChI=1S/C6H11NO4/c1-9-5-3-10-6-4(8)2-11-7(5)6/h4-6,8H,2-3H2,1H3. The summed E-state index contributed by atoms with van der Waals surface area (Å²) in [6.45, 7) is 0.753. The maximum Gasteiger partial charge on any atom is 0.164 e. The second-order valence-corrected chi connectivity index (χ2v) is 2.64. The molecule has 2 aliphatic heterocycles. The first-order chi connectivity index (χ1) is 5.33. The van der Waals surface area contributed by atoms with Crippen molar-refractivity contribution in [2.24, 2.45) is 0 Å². The lowest BCUT2D eigenvalue weighted by Gasteiger charge is -2.17. The van der Waals surface area contributed by atoms with E-state index in [2.05, 4.69) is 0 Å². The van der Waals surface area contributed by atoms with E-state index in [9.17, 15) is 5.11 Å². The second-order valence-electron chi connectivity index (χ2n) is 2.64. The second kappa shape index (κ2) is 2.69. The highest BCUT2D eigenvalue weighted by molar-refractivity contribution is 4.79. The lowest BCUT2D eigenvalue weighted by Crippen LogP contribution is -2.35. The summed E-state index contributed by atoms with van der Waals surface area (Å²) in [7, 11) is 1.59. The van der Waals surface area contributed by atoms with Gasteiger partial charge in [0.05, 0.1) is 13.2 Å². The number of hydrogen-bond donors (Lipinski definition) is 1. The Morgan fingerprint density at radius 2 is 2.36 bits per heavy atom. The lowest BCUT2D eigenvalue weighted by atomic mass is 10.3. The van der Waals surface area contributed by atoms with Crippen LogP contribution in [0.5, 0.6) is 0 Å². The number of aliphatic hydroxyl groups is 1. The quantitative estimate of drug-likeness (QED) is 0.530. The molecular formula is C6H11NO4. The summed E-state index contributed by atoms with van der Waals surface area (Å²) in [4.78, 5) is 5.13. The summed E-state index contributed by atoms with van der Waals surface area (Å²) >= 11 is 0. The third kappa shape index (κ3) is 1.05. The van der Waals surface area contributed by atoms with Crippen molar-refractivity contribution in [1.82, 2.24) is 5.06 Å². The molecule has 2 saturated heterocycles. The van der Waals surface area contributed by atoms with E-state index in [1.165, 1.54) is 0 Å². The topological polar surface area (TPSA) is 51.2 Å². The zero-order chi connectivity index (χ0) is 7.84. The molecule has 1 N–H and O–H groups in total. The first kappa shape index (κ1) is 7.45. The predicted octanol–water partition coefficient (Wildman–Crippen LogP) is -1.08.